The molecule has 0 saturated carbocycles. The molecular weight excluding hydrogens is 216 g/mol. The Hall–Kier alpha value is 0.00753. The number of rotatable bonds is 4. The van der Waals surface area contributed by atoms with E-state index in [0.29, 0.717) is 0 Å². The summed E-state index contributed by atoms with van der Waals surface area (Å²) in [6.07, 6.45) is 0. The minimum absolute atomic E-state index is 0.386. The second-order valence-electron chi connectivity index (χ2n) is 2.68. The molecular formula is C6H14O2Si4. The molecule has 1 aromatic carbocycles. The molecule has 0 bridgehead atoms. The van der Waals surface area contributed by atoms with Gasteiger partial charge in [0.1, 0.15) is 21.0 Å². The van der Waals surface area contributed by atoms with Gasteiger partial charge < -0.3 is 8.23 Å². The molecule has 0 N–H and O–H groups in total. The van der Waals surface area contributed by atoms with E-state index in [-0.39, 0.29) is 19.5 Å². The van der Waals surface area contributed by atoms with Gasteiger partial charge in [0.25, 0.3) is 0 Å². The summed E-state index contributed by atoms with van der Waals surface area (Å²) < 4.78 is 10.6. The molecule has 0 unspecified atom stereocenters. The maximum Gasteiger partial charge on any atom is 0.178 e. The standard InChI is InChI=1S/C6H14O2Si4/c9-7-11-5-1-2-6(4-3-5)12-8-10/h1-4H,11-12H2,9-10H3. The Bertz CT molecular complexity index is 200. The predicted octanol–water partition coefficient (Wildman–Crippen LogP) is -4.30. The summed E-state index contributed by atoms with van der Waals surface area (Å²) in [5.74, 6) is 0. The Balaban J connectivity index is 2.58. The normalized spacial score (nSPS) is 12.7. The molecule has 66 valence electrons. The summed E-state index contributed by atoms with van der Waals surface area (Å²) in [6, 6.07) is 8.75. The van der Waals surface area contributed by atoms with Gasteiger partial charge >= 0.3 is 0 Å². The molecule has 0 amide bonds. The molecule has 2 nitrogen and oxygen atoms in total. The van der Waals surface area contributed by atoms with Gasteiger partial charge in [-0.15, -0.1) is 0 Å². The topological polar surface area (TPSA) is 18.5 Å². The molecule has 0 radical (unpaired) electrons. The van der Waals surface area contributed by atoms with Gasteiger partial charge in [-0.25, -0.2) is 0 Å². The Kier molecular flexibility index (Phi) is 4.72. The third-order valence-corrected chi connectivity index (χ3v) is 5.56. The van der Waals surface area contributed by atoms with Crippen LogP contribution in [-0.4, -0.2) is 40.5 Å². The highest BCUT2D eigenvalue weighted by atomic mass is 28.3. The van der Waals surface area contributed by atoms with Gasteiger partial charge in [0, 0.05) is 0 Å². The molecule has 0 aromatic heterocycles. The van der Waals surface area contributed by atoms with Gasteiger partial charge in [-0.1, -0.05) is 24.3 Å². The van der Waals surface area contributed by atoms with Gasteiger partial charge in [0.2, 0.25) is 0 Å². The summed E-state index contributed by atoms with van der Waals surface area (Å²) >= 11 is 0. The molecule has 1 aromatic rings. The van der Waals surface area contributed by atoms with Gasteiger partial charge in [-0.2, -0.15) is 0 Å². The van der Waals surface area contributed by atoms with Crippen LogP contribution in [0.5, 0.6) is 0 Å². The molecule has 0 aliphatic carbocycles. The Morgan fingerprint density at radius 3 is 1.42 bits per heavy atom. The minimum Gasteiger partial charge on any atom is -0.465 e. The van der Waals surface area contributed by atoms with Crippen molar-refractivity contribution < 1.29 is 8.23 Å². The van der Waals surface area contributed by atoms with Crippen LogP contribution in [0.4, 0.5) is 0 Å². The lowest BCUT2D eigenvalue weighted by Gasteiger charge is -2.01. The van der Waals surface area contributed by atoms with Crippen molar-refractivity contribution in [1.29, 1.82) is 0 Å². The smallest absolute Gasteiger partial charge is 0.178 e. The number of benzene rings is 1. The van der Waals surface area contributed by atoms with E-state index in [1.54, 1.807) is 0 Å². The average molecular weight is 231 g/mol. The summed E-state index contributed by atoms with van der Waals surface area (Å²) in [7, 11) is 0.978. The first-order valence-corrected chi connectivity index (χ1v) is 8.12. The molecule has 6 heteroatoms. The van der Waals surface area contributed by atoms with E-state index in [4.69, 9.17) is 8.23 Å². The highest BCUT2D eigenvalue weighted by Crippen LogP contribution is 1.79. The Morgan fingerprint density at radius 2 is 1.17 bits per heavy atom. The van der Waals surface area contributed by atoms with Crippen molar-refractivity contribution in [1.82, 2.24) is 0 Å². The summed E-state index contributed by atoms with van der Waals surface area (Å²) in [4.78, 5) is 0. The third-order valence-electron chi connectivity index (χ3n) is 1.64. The first-order chi connectivity index (χ1) is 5.86. The molecule has 0 spiro atoms. The zero-order chi connectivity index (χ0) is 8.81. The van der Waals surface area contributed by atoms with Crippen molar-refractivity contribution in [3.63, 3.8) is 0 Å². The van der Waals surface area contributed by atoms with Crippen LogP contribution < -0.4 is 10.4 Å². The fourth-order valence-corrected chi connectivity index (χ4v) is 4.59. The molecule has 0 fully saturated rings. The first-order valence-electron chi connectivity index (χ1n) is 3.92. The molecule has 1 rings (SSSR count). The highest BCUT2D eigenvalue weighted by Gasteiger charge is 1.93. The molecule has 0 aliphatic heterocycles. The van der Waals surface area contributed by atoms with Crippen molar-refractivity contribution in [2.75, 3.05) is 0 Å². The second kappa shape index (κ2) is 5.62. The van der Waals surface area contributed by atoms with E-state index in [1.807, 2.05) is 0 Å². The monoisotopic (exact) mass is 230 g/mol. The van der Waals surface area contributed by atoms with Crippen molar-refractivity contribution in [3.05, 3.63) is 24.3 Å². The zero-order valence-corrected chi connectivity index (χ0v) is 14.4. The fraction of sp³-hybridized carbons (Fsp3) is 0. The van der Waals surface area contributed by atoms with Crippen LogP contribution in [-0.2, 0) is 8.23 Å². The largest absolute Gasteiger partial charge is 0.465 e. The Labute approximate surface area is 83.6 Å². The van der Waals surface area contributed by atoms with Gasteiger partial charge in [0.15, 0.2) is 19.5 Å². The minimum atomic E-state index is -0.386. The number of hydrogen-bond donors (Lipinski definition) is 0. The van der Waals surface area contributed by atoms with E-state index in [0.717, 1.165) is 21.0 Å². The van der Waals surface area contributed by atoms with Crippen molar-refractivity contribution in [3.8, 4) is 0 Å². The molecule has 0 heterocycles. The van der Waals surface area contributed by atoms with Crippen LogP contribution >= 0.6 is 0 Å². The third kappa shape index (κ3) is 3.17. The summed E-state index contributed by atoms with van der Waals surface area (Å²) in [5, 5.41) is 2.80. The van der Waals surface area contributed by atoms with Crippen LogP contribution in [0.1, 0.15) is 0 Å². The van der Waals surface area contributed by atoms with E-state index in [1.165, 1.54) is 10.4 Å². The SMILES string of the molecule is [SiH3]O[SiH2]c1ccc([SiH2]O[SiH3])cc1. The second-order valence-corrected chi connectivity index (χ2v) is 9.51. The quantitative estimate of drug-likeness (QED) is 0.488. The highest BCUT2D eigenvalue weighted by molar-refractivity contribution is 6.52. The fourth-order valence-electron chi connectivity index (χ4n) is 1.07. The van der Waals surface area contributed by atoms with Gasteiger partial charge in [-0.3, -0.25) is 0 Å². The van der Waals surface area contributed by atoms with Crippen LogP contribution in [0, 0.1) is 0 Å². The van der Waals surface area contributed by atoms with Crippen molar-refractivity contribution in [2.45, 2.75) is 0 Å². The Morgan fingerprint density at radius 1 is 0.833 bits per heavy atom. The molecule has 0 atom stereocenters. The van der Waals surface area contributed by atoms with Crippen LogP contribution in [0.25, 0.3) is 0 Å². The van der Waals surface area contributed by atoms with Crippen molar-refractivity contribution in [2.24, 2.45) is 0 Å². The lowest BCUT2D eigenvalue weighted by Crippen LogP contribution is -2.22. The van der Waals surface area contributed by atoms with E-state index < -0.39 is 0 Å². The van der Waals surface area contributed by atoms with E-state index in [2.05, 4.69) is 24.3 Å². The van der Waals surface area contributed by atoms with Gasteiger partial charge in [-0.05, 0) is 10.4 Å². The van der Waals surface area contributed by atoms with E-state index >= 15 is 0 Å². The molecule has 12 heavy (non-hydrogen) atoms. The maximum atomic E-state index is 5.29. The number of hydrogen-bond acceptors (Lipinski definition) is 2. The van der Waals surface area contributed by atoms with Gasteiger partial charge in [0.05, 0.1) is 0 Å². The molecule has 0 aliphatic rings. The average Bonchev–Trinajstić information content (AvgIpc) is 2.09. The summed E-state index contributed by atoms with van der Waals surface area (Å²) in [6.45, 7) is 0. The lowest BCUT2D eigenvalue weighted by atomic mass is 10.4. The zero-order valence-electron chi connectivity index (χ0n) is 7.54. The first kappa shape index (κ1) is 10.1. The maximum absolute atomic E-state index is 5.29. The molecule has 0 saturated heterocycles. The predicted molar refractivity (Wildman–Crippen MR) is 64.8 cm³/mol. The summed E-state index contributed by atoms with van der Waals surface area (Å²) in [5.41, 5.74) is 0. The van der Waals surface area contributed by atoms with Crippen molar-refractivity contribution >= 4 is 50.9 Å². The van der Waals surface area contributed by atoms with E-state index in [9.17, 15) is 0 Å². The lowest BCUT2D eigenvalue weighted by molar-refractivity contribution is 0.675. The van der Waals surface area contributed by atoms with Crippen LogP contribution in [0.2, 0.25) is 0 Å². The van der Waals surface area contributed by atoms with Crippen LogP contribution in [0.3, 0.4) is 0 Å². The van der Waals surface area contributed by atoms with Crippen LogP contribution in [0.15, 0.2) is 24.3 Å².